The number of aliphatic hydroxyl groups is 1. The Labute approximate surface area is 306 Å². The molecule has 2 aromatic heterocycles. The van der Waals surface area contributed by atoms with E-state index >= 15 is 0 Å². The lowest BCUT2D eigenvalue weighted by Gasteiger charge is -2.37. The van der Waals surface area contributed by atoms with Crippen molar-refractivity contribution in [2.24, 2.45) is 0 Å². The highest BCUT2D eigenvalue weighted by Crippen LogP contribution is 2.43. The number of fused-ring (bicyclic) bond motifs is 1. The molecule has 2 N–H and O–H groups in total. The molecule has 0 aliphatic carbocycles. The summed E-state index contributed by atoms with van der Waals surface area (Å²) >= 11 is 0. The molecule has 1 amide bonds. The number of methoxy groups -OCH3 is 2. The molecule has 7 rings (SSSR count). The molecule has 12 nitrogen and oxygen atoms in total. The predicted molar refractivity (Wildman–Crippen MR) is 196 cm³/mol. The Morgan fingerprint density at radius 2 is 1.47 bits per heavy atom. The third-order valence-electron chi connectivity index (χ3n) is 9.21. The Bertz CT molecular complexity index is 2140. The van der Waals surface area contributed by atoms with Gasteiger partial charge < -0.3 is 34.1 Å². The lowest BCUT2D eigenvalue weighted by Crippen LogP contribution is -2.40. The van der Waals surface area contributed by atoms with Crippen LogP contribution in [0.1, 0.15) is 33.3 Å². The van der Waals surface area contributed by atoms with Gasteiger partial charge in [0.1, 0.15) is 48.3 Å². The Balaban J connectivity index is 1.24. The van der Waals surface area contributed by atoms with Crippen molar-refractivity contribution in [3.63, 3.8) is 0 Å². The van der Waals surface area contributed by atoms with Crippen molar-refractivity contribution in [1.29, 1.82) is 0 Å². The van der Waals surface area contributed by atoms with Crippen molar-refractivity contribution >= 4 is 22.9 Å². The van der Waals surface area contributed by atoms with Gasteiger partial charge in [-0.2, -0.15) is 0 Å². The third-order valence-corrected chi connectivity index (χ3v) is 9.21. The number of aliphatic hydroxyl groups excluding tert-OH is 1. The Morgan fingerprint density at radius 3 is 2.08 bits per heavy atom. The van der Waals surface area contributed by atoms with E-state index in [1.54, 1.807) is 43.1 Å². The number of anilines is 1. The van der Waals surface area contributed by atoms with Gasteiger partial charge in [0, 0.05) is 5.56 Å². The molecule has 1 unspecified atom stereocenters. The summed E-state index contributed by atoms with van der Waals surface area (Å²) in [6, 6.07) is 33.9. The van der Waals surface area contributed by atoms with Gasteiger partial charge in [0.15, 0.2) is 23.2 Å². The van der Waals surface area contributed by atoms with Crippen LogP contribution in [0.4, 0.5) is 5.82 Å². The van der Waals surface area contributed by atoms with Crippen LogP contribution in [0.25, 0.3) is 11.2 Å². The topological polar surface area (TPSA) is 139 Å². The zero-order chi connectivity index (χ0) is 36.8. The fourth-order valence-corrected chi connectivity index (χ4v) is 6.58. The van der Waals surface area contributed by atoms with E-state index in [4.69, 9.17) is 30.1 Å². The summed E-state index contributed by atoms with van der Waals surface area (Å²) in [5.74, 6) is 3.73. The molecule has 0 saturated carbocycles. The quantitative estimate of drug-likeness (QED) is 0.119. The van der Waals surface area contributed by atoms with E-state index in [-0.39, 0.29) is 24.9 Å². The zero-order valence-electron chi connectivity index (χ0n) is 29.0. The number of hydrogen-bond acceptors (Lipinski definition) is 10. The van der Waals surface area contributed by atoms with Gasteiger partial charge in [-0.1, -0.05) is 78.7 Å². The van der Waals surface area contributed by atoms with Gasteiger partial charge in [0.2, 0.25) is 0 Å². The van der Waals surface area contributed by atoms with Gasteiger partial charge in [-0.25, -0.2) is 15.0 Å². The number of carbonyl (C=O) groups is 1. The number of rotatable bonds is 13. The highest BCUT2D eigenvalue weighted by atomic mass is 16.6. The molecule has 53 heavy (non-hydrogen) atoms. The standard InChI is InChI=1S/C41H37N5O7/c1-4-23-51-36-35(47)33(53-40(36)46-26-44-34-37(42-25-43-38(34)46)45-39(48)27-11-7-5-8-12-27)24-52-41(28-13-9-6-10-14-28,29-15-19-31(49-2)20-16-29)30-17-21-32(50-3)22-18-30/h1,5-22,25-26,33,35-36,40,47H,23-24H2,2-3H3,(H,42,43,45,48)/t33-,35?,36+,40-/m1/s1. The van der Waals surface area contributed by atoms with Crippen LogP contribution in [0.3, 0.4) is 0 Å². The average Bonchev–Trinajstić information content (AvgIpc) is 3.79. The van der Waals surface area contributed by atoms with Crippen LogP contribution in [0.2, 0.25) is 0 Å². The minimum absolute atomic E-state index is 0.0689. The summed E-state index contributed by atoms with van der Waals surface area (Å²) in [6.07, 6.45) is 4.50. The van der Waals surface area contributed by atoms with Crippen molar-refractivity contribution < 1.29 is 33.6 Å². The first kappa shape index (κ1) is 35.3. The predicted octanol–water partition coefficient (Wildman–Crippen LogP) is 5.38. The zero-order valence-corrected chi connectivity index (χ0v) is 29.0. The Morgan fingerprint density at radius 1 is 0.868 bits per heavy atom. The molecule has 4 atom stereocenters. The molecule has 3 heterocycles. The first-order chi connectivity index (χ1) is 26.0. The van der Waals surface area contributed by atoms with Crippen LogP contribution in [0.5, 0.6) is 11.5 Å². The first-order valence-corrected chi connectivity index (χ1v) is 16.9. The molecule has 1 saturated heterocycles. The van der Waals surface area contributed by atoms with Gasteiger partial charge >= 0.3 is 0 Å². The van der Waals surface area contributed by atoms with E-state index in [1.165, 1.54) is 12.7 Å². The van der Waals surface area contributed by atoms with Gasteiger partial charge in [0.05, 0.1) is 27.2 Å². The van der Waals surface area contributed by atoms with Gasteiger partial charge in [-0.15, -0.1) is 6.42 Å². The van der Waals surface area contributed by atoms with Crippen molar-refractivity contribution in [1.82, 2.24) is 19.5 Å². The molecule has 268 valence electrons. The second-order valence-electron chi connectivity index (χ2n) is 12.2. The van der Waals surface area contributed by atoms with E-state index in [0.29, 0.717) is 28.2 Å². The number of aromatic nitrogens is 4. The monoisotopic (exact) mass is 711 g/mol. The normalized spacial score (nSPS) is 18.4. The Hall–Kier alpha value is -6.10. The smallest absolute Gasteiger partial charge is 0.256 e. The molecular formula is C41H37N5O7. The molecule has 6 aromatic rings. The molecule has 0 radical (unpaired) electrons. The van der Waals surface area contributed by atoms with Gasteiger partial charge in [-0.3, -0.25) is 9.36 Å². The number of nitrogens with one attached hydrogen (secondary N) is 1. The summed E-state index contributed by atoms with van der Waals surface area (Å²) in [5.41, 5.74) is 2.47. The minimum Gasteiger partial charge on any atom is -0.497 e. The van der Waals surface area contributed by atoms with E-state index < -0.39 is 30.1 Å². The third kappa shape index (κ3) is 6.94. The first-order valence-electron chi connectivity index (χ1n) is 16.9. The largest absolute Gasteiger partial charge is 0.497 e. The highest BCUT2D eigenvalue weighted by Gasteiger charge is 2.48. The minimum atomic E-state index is -1.18. The van der Waals surface area contributed by atoms with Crippen molar-refractivity contribution in [3.05, 3.63) is 144 Å². The van der Waals surface area contributed by atoms with Crippen molar-refractivity contribution in [2.45, 2.75) is 30.1 Å². The second kappa shape index (κ2) is 15.6. The molecule has 12 heteroatoms. The molecule has 1 aliphatic heterocycles. The fourth-order valence-electron chi connectivity index (χ4n) is 6.58. The summed E-state index contributed by atoms with van der Waals surface area (Å²) < 4.78 is 32.2. The number of carbonyl (C=O) groups excluding carboxylic acids is 1. The average molecular weight is 712 g/mol. The van der Waals surface area contributed by atoms with Crippen LogP contribution in [-0.4, -0.2) is 76.3 Å². The second-order valence-corrected chi connectivity index (χ2v) is 12.2. The van der Waals surface area contributed by atoms with Crippen LogP contribution in [0, 0.1) is 12.3 Å². The number of benzene rings is 4. The maximum absolute atomic E-state index is 13.0. The summed E-state index contributed by atoms with van der Waals surface area (Å²) in [4.78, 5) is 26.2. The lowest BCUT2D eigenvalue weighted by atomic mass is 9.80. The van der Waals surface area contributed by atoms with Crippen LogP contribution < -0.4 is 14.8 Å². The SMILES string of the molecule is C#CCO[C@H]1C(O)[C@@H](COC(c2ccccc2)(c2ccc(OC)cc2)c2ccc(OC)cc2)O[C@H]1n1cnc2c(NC(=O)c3ccccc3)ncnc21. The Kier molecular flexibility index (Phi) is 10.4. The molecule has 4 aromatic carbocycles. The van der Waals surface area contributed by atoms with Gasteiger partial charge in [0.25, 0.3) is 5.91 Å². The van der Waals surface area contributed by atoms with Crippen LogP contribution >= 0.6 is 0 Å². The molecular weight excluding hydrogens is 674 g/mol. The summed E-state index contributed by atoms with van der Waals surface area (Å²) in [7, 11) is 3.23. The summed E-state index contributed by atoms with van der Waals surface area (Å²) in [6.45, 7) is -0.151. The maximum Gasteiger partial charge on any atom is 0.256 e. The molecule has 1 aliphatic rings. The van der Waals surface area contributed by atoms with E-state index in [1.807, 2.05) is 84.9 Å². The van der Waals surface area contributed by atoms with E-state index in [9.17, 15) is 9.90 Å². The van der Waals surface area contributed by atoms with Crippen LogP contribution in [-0.2, 0) is 19.8 Å². The van der Waals surface area contributed by atoms with E-state index in [0.717, 1.165) is 16.7 Å². The van der Waals surface area contributed by atoms with Crippen molar-refractivity contribution in [3.8, 4) is 23.8 Å². The van der Waals surface area contributed by atoms with E-state index in [2.05, 4.69) is 26.2 Å². The number of ether oxygens (including phenoxy) is 5. The fraction of sp³-hybridized carbons (Fsp3) is 0.220. The van der Waals surface area contributed by atoms with Crippen molar-refractivity contribution in [2.75, 3.05) is 32.8 Å². The lowest BCUT2D eigenvalue weighted by molar-refractivity contribution is -0.0953. The molecule has 0 spiro atoms. The summed E-state index contributed by atoms with van der Waals surface area (Å²) in [5, 5.41) is 14.6. The maximum atomic E-state index is 13.0. The highest BCUT2D eigenvalue weighted by molar-refractivity contribution is 6.06. The van der Waals surface area contributed by atoms with Gasteiger partial charge in [-0.05, 0) is 53.1 Å². The van der Waals surface area contributed by atoms with Crippen LogP contribution in [0.15, 0.2) is 122 Å². The number of nitrogens with zero attached hydrogens (tertiary/aromatic N) is 4. The molecule has 1 fully saturated rings. The number of terminal acetylenes is 1. The number of imidazole rings is 1. The number of hydrogen-bond donors (Lipinski definition) is 2. The molecule has 0 bridgehead atoms. The number of amides is 1.